The summed E-state index contributed by atoms with van der Waals surface area (Å²) in [4.78, 5) is 0. The van der Waals surface area contributed by atoms with Crippen molar-refractivity contribution in [2.75, 3.05) is 13.7 Å². The predicted molar refractivity (Wildman–Crippen MR) is 62.3 cm³/mol. The van der Waals surface area contributed by atoms with E-state index in [1.54, 1.807) is 0 Å². The Hall–Kier alpha value is -0.380. The summed E-state index contributed by atoms with van der Waals surface area (Å²) in [5.74, 6) is 0. The first-order valence-corrected chi connectivity index (χ1v) is 5.61. The minimum Gasteiger partial charge on any atom is -0.396 e. The van der Waals surface area contributed by atoms with Crippen molar-refractivity contribution in [3.05, 3.63) is 34.3 Å². The first-order valence-electron chi connectivity index (χ1n) is 4.82. The Kier molecular flexibility index (Phi) is 5.15. The van der Waals surface area contributed by atoms with Gasteiger partial charge in [0.2, 0.25) is 0 Å². The molecule has 0 aliphatic rings. The monoisotopic (exact) mass is 257 g/mol. The van der Waals surface area contributed by atoms with Gasteiger partial charge in [0.1, 0.15) is 0 Å². The molecule has 0 fully saturated rings. The highest BCUT2D eigenvalue weighted by atomic mass is 79.9. The average Bonchev–Trinajstić information content (AvgIpc) is 2.21. The number of aliphatic hydroxyl groups is 1. The standard InChI is InChI=1S/C11H16BrNO/c1-13-11(7-4-8-14)9-5-2-3-6-10(9)12/h2-3,5-6,11,13-14H,4,7-8H2,1H3. The topological polar surface area (TPSA) is 32.3 Å². The maximum absolute atomic E-state index is 8.79. The number of rotatable bonds is 5. The van der Waals surface area contributed by atoms with Crippen molar-refractivity contribution in [1.82, 2.24) is 5.32 Å². The van der Waals surface area contributed by atoms with Gasteiger partial charge in [0.15, 0.2) is 0 Å². The molecular weight excluding hydrogens is 242 g/mol. The van der Waals surface area contributed by atoms with Crippen LogP contribution in [0.15, 0.2) is 28.7 Å². The molecule has 0 amide bonds. The van der Waals surface area contributed by atoms with E-state index in [0.29, 0.717) is 6.04 Å². The smallest absolute Gasteiger partial charge is 0.0431 e. The first kappa shape index (κ1) is 11.7. The lowest BCUT2D eigenvalue weighted by Crippen LogP contribution is -2.17. The van der Waals surface area contributed by atoms with Gasteiger partial charge in [-0.2, -0.15) is 0 Å². The zero-order chi connectivity index (χ0) is 10.4. The number of aliphatic hydroxyl groups excluding tert-OH is 1. The predicted octanol–water partition coefficient (Wildman–Crippen LogP) is 2.48. The molecule has 3 heteroatoms. The lowest BCUT2D eigenvalue weighted by atomic mass is 10.0. The van der Waals surface area contributed by atoms with Gasteiger partial charge >= 0.3 is 0 Å². The second-order valence-corrected chi connectivity index (χ2v) is 4.08. The third-order valence-electron chi connectivity index (χ3n) is 2.28. The Morgan fingerprint density at radius 3 is 2.71 bits per heavy atom. The Morgan fingerprint density at radius 2 is 2.14 bits per heavy atom. The molecule has 0 bridgehead atoms. The zero-order valence-electron chi connectivity index (χ0n) is 8.33. The highest BCUT2D eigenvalue weighted by Gasteiger charge is 2.10. The maximum atomic E-state index is 8.79. The van der Waals surface area contributed by atoms with E-state index >= 15 is 0 Å². The summed E-state index contributed by atoms with van der Waals surface area (Å²) < 4.78 is 1.12. The quantitative estimate of drug-likeness (QED) is 0.850. The molecular formula is C11H16BrNO. The van der Waals surface area contributed by atoms with Gasteiger partial charge in [0, 0.05) is 17.1 Å². The van der Waals surface area contributed by atoms with Crippen LogP contribution < -0.4 is 5.32 Å². The second kappa shape index (κ2) is 6.17. The Morgan fingerprint density at radius 1 is 1.43 bits per heavy atom. The molecule has 0 saturated heterocycles. The summed E-state index contributed by atoms with van der Waals surface area (Å²) in [6.45, 7) is 0.253. The Bertz CT molecular complexity index is 278. The molecule has 1 atom stereocenters. The number of halogens is 1. The van der Waals surface area contributed by atoms with Gasteiger partial charge in [-0.15, -0.1) is 0 Å². The fourth-order valence-corrected chi connectivity index (χ4v) is 2.07. The van der Waals surface area contributed by atoms with Gasteiger partial charge in [-0.3, -0.25) is 0 Å². The van der Waals surface area contributed by atoms with Crippen molar-refractivity contribution >= 4 is 15.9 Å². The normalized spacial score (nSPS) is 12.8. The molecule has 1 aromatic carbocycles. The molecule has 0 heterocycles. The summed E-state index contributed by atoms with van der Waals surface area (Å²) >= 11 is 3.53. The fourth-order valence-electron chi connectivity index (χ4n) is 1.51. The van der Waals surface area contributed by atoms with Crippen molar-refractivity contribution in [2.45, 2.75) is 18.9 Å². The summed E-state index contributed by atoms with van der Waals surface area (Å²) in [5.41, 5.74) is 1.25. The largest absolute Gasteiger partial charge is 0.396 e. The van der Waals surface area contributed by atoms with Gasteiger partial charge < -0.3 is 10.4 Å². The molecule has 2 nitrogen and oxygen atoms in total. The Balaban J connectivity index is 2.73. The van der Waals surface area contributed by atoms with E-state index in [-0.39, 0.29) is 6.61 Å². The molecule has 0 saturated carbocycles. The molecule has 78 valence electrons. The second-order valence-electron chi connectivity index (χ2n) is 3.23. The first-order chi connectivity index (χ1) is 6.79. The van der Waals surface area contributed by atoms with Gasteiger partial charge in [-0.05, 0) is 31.5 Å². The summed E-state index contributed by atoms with van der Waals surface area (Å²) in [6, 6.07) is 8.49. The van der Waals surface area contributed by atoms with Crippen LogP contribution in [0.5, 0.6) is 0 Å². The minimum absolute atomic E-state index is 0.253. The zero-order valence-corrected chi connectivity index (χ0v) is 9.92. The van der Waals surface area contributed by atoms with Crippen LogP contribution in [0.4, 0.5) is 0 Å². The summed E-state index contributed by atoms with van der Waals surface area (Å²) in [6.07, 6.45) is 1.78. The molecule has 0 aliphatic heterocycles. The Labute approximate surface area is 93.5 Å². The van der Waals surface area contributed by atoms with E-state index in [2.05, 4.69) is 27.3 Å². The van der Waals surface area contributed by atoms with Crippen LogP contribution >= 0.6 is 15.9 Å². The van der Waals surface area contributed by atoms with Crippen LogP contribution in [0, 0.1) is 0 Å². The van der Waals surface area contributed by atoms with Crippen LogP contribution in [0.25, 0.3) is 0 Å². The molecule has 1 rings (SSSR count). The molecule has 0 aliphatic carbocycles. The van der Waals surface area contributed by atoms with Crippen LogP contribution in [-0.4, -0.2) is 18.8 Å². The number of benzene rings is 1. The summed E-state index contributed by atoms with van der Waals surface area (Å²) in [7, 11) is 1.95. The highest BCUT2D eigenvalue weighted by molar-refractivity contribution is 9.10. The van der Waals surface area contributed by atoms with Gasteiger partial charge in [-0.25, -0.2) is 0 Å². The van der Waals surface area contributed by atoms with Gasteiger partial charge in [0.25, 0.3) is 0 Å². The SMILES string of the molecule is CNC(CCCO)c1ccccc1Br. The number of hydrogen-bond donors (Lipinski definition) is 2. The van der Waals surface area contributed by atoms with E-state index in [1.807, 2.05) is 25.2 Å². The van der Waals surface area contributed by atoms with Gasteiger partial charge in [-0.1, -0.05) is 34.1 Å². The average molecular weight is 258 g/mol. The lowest BCUT2D eigenvalue weighted by Gasteiger charge is -2.17. The molecule has 1 aromatic rings. The van der Waals surface area contributed by atoms with Crippen LogP contribution in [0.2, 0.25) is 0 Å². The van der Waals surface area contributed by atoms with Crippen molar-refractivity contribution in [3.63, 3.8) is 0 Å². The minimum atomic E-state index is 0.253. The van der Waals surface area contributed by atoms with Crippen LogP contribution in [0.1, 0.15) is 24.4 Å². The third-order valence-corrected chi connectivity index (χ3v) is 3.00. The van der Waals surface area contributed by atoms with E-state index in [1.165, 1.54) is 5.56 Å². The lowest BCUT2D eigenvalue weighted by molar-refractivity contribution is 0.276. The molecule has 14 heavy (non-hydrogen) atoms. The van der Waals surface area contributed by atoms with Crippen molar-refractivity contribution in [3.8, 4) is 0 Å². The van der Waals surface area contributed by atoms with Crippen LogP contribution in [-0.2, 0) is 0 Å². The highest BCUT2D eigenvalue weighted by Crippen LogP contribution is 2.25. The van der Waals surface area contributed by atoms with E-state index < -0.39 is 0 Å². The summed E-state index contributed by atoms with van der Waals surface area (Å²) in [5, 5.41) is 12.0. The molecule has 2 N–H and O–H groups in total. The van der Waals surface area contributed by atoms with Crippen molar-refractivity contribution < 1.29 is 5.11 Å². The third kappa shape index (κ3) is 3.08. The van der Waals surface area contributed by atoms with Crippen molar-refractivity contribution in [2.24, 2.45) is 0 Å². The number of hydrogen-bond acceptors (Lipinski definition) is 2. The van der Waals surface area contributed by atoms with E-state index in [9.17, 15) is 0 Å². The van der Waals surface area contributed by atoms with E-state index in [4.69, 9.17) is 5.11 Å². The molecule has 0 radical (unpaired) electrons. The fraction of sp³-hybridized carbons (Fsp3) is 0.455. The van der Waals surface area contributed by atoms with Crippen molar-refractivity contribution in [1.29, 1.82) is 0 Å². The molecule has 0 spiro atoms. The van der Waals surface area contributed by atoms with Crippen LogP contribution in [0.3, 0.4) is 0 Å². The maximum Gasteiger partial charge on any atom is 0.0431 e. The molecule has 0 aromatic heterocycles. The van der Waals surface area contributed by atoms with E-state index in [0.717, 1.165) is 17.3 Å². The molecule has 1 unspecified atom stereocenters. The number of nitrogens with one attached hydrogen (secondary N) is 1. The van der Waals surface area contributed by atoms with Gasteiger partial charge in [0.05, 0.1) is 0 Å².